The molecule has 1 aliphatic rings. The fourth-order valence-corrected chi connectivity index (χ4v) is 2.18. The molecule has 7 heteroatoms. The Bertz CT molecular complexity index is 433. The minimum absolute atomic E-state index is 0.0205. The van der Waals surface area contributed by atoms with Gasteiger partial charge in [-0.15, -0.1) is 0 Å². The summed E-state index contributed by atoms with van der Waals surface area (Å²) >= 11 is 0. The molecule has 0 unspecified atom stereocenters. The van der Waals surface area contributed by atoms with Crippen molar-refractivity contribution in [3.05, 3.63) is 12.3 Å². The molecule has 1 saturated heterocycles. The molecule has 0 N–H and O–H groups in total. The van der Waals surface area contributed by atoms with Gasteiger partial charge in [0.2, 0.25) is 5.95 Å². The fraction of sp³-hybridized carbons (Fsp3) is 0.667. The monoisotopic (exact) mass is 274 g/mol. The van der Waals surface area contributed by atoms with E-state index in [1.165, 1.54) is 0 Å². The third-order valence-corrected chi connectivity index (χ3v) is 3.24. The van der Waals surface area contributed by atoms with Crippen LogP contribution in [0, 0.1) is 5.92 Å². The standard InChI is InChI=1S/C12H17F3N4/c1-18(2)11-16-6-5-10(17-11)19-7-3-4-9(8-19)12(13,14)15/h5-6,9H,3-4,7-8H2,1-2H3/t9-/m1/s1. The smallest absolute Gasteiger partial charge is 0.356 e. The van der Waals surface area contributed by atoms with E-state index in [4.69, 9.17) is 0 Å². The van der Waals surface area contributed by atoms with E-state index in [0.717, 1.165) is 0 Å². The summed E-state index contributed by atoms with van der Waals surface area (Å²) in [6, 6.07) is 1.66. The van der Waals surface area contributed by atoms with Crippen LogP contribution in [0.15, 0.2) is 12.3 Å². The van der Waals surface area contributed by atoms with Gasteiger partial charge in [-0.2, -0.15) is 18.2 Å². The van der Waals surface area contributed by atoms with Gasteiger partial charge in [0.05, 0.1) is 5.92 Å². The number of hydrogen-bond acceptors (Lipinski definition) is 4. The molecule has 1 aromatic rings. The van der Waals surface area contributed by atoms with Gasteiger partial charge in [0.25, 0.3) is 0 Å². The Morgan fingerprint density at radius 2 is 2.11 bits per heavy atom. The number of halogens is 3. The van der Waals surface area contributed by atoms with Crippen molar-refractivity contribution in [3.63, 3.8) is 0 Å². The van der Waals surface area contributed by atoms with Crippen molar-refractivity contribution in [2.45, 2.75) is 19.0 Å². The van der Waals surface area contributed by atoms with Crippen LogP contribution in [0.3, 0.4) is 0 Å². The van der Waals surface area contributed by atoms with E-state index in [0.29, 0.717) is 24.7 Å². The molecule has 0 spiro atoms. The van der Waals surface area contributed by atoms with Crippen molar-refractivity contribution in [2.75, 3.05) is 37.0 Å². The minimum atomic E-state index is -4.13. The van der Waals surface area contributed by atoms with Crippen LogP contribution < -0.4 is 9.80 Å². The maximum atomic E-state index is 12.8. The van der Waals surface area contributed by atoms with Gasteiger partial charge in [0, 0.05) is 33.4 Å². The molecule has 0 aliphatic carbocycles. The van der Waals surface area contributed by atoms with E-state index in [-0.39, 0.29) is 13.0 Å². The van der Waals surface area contributed by atoms with Gasteiger partial charge in [-0.25, -0.2) is 4.98 Å². The molecule has 106 valence electrons. The second kappa shape index (κ2) is 5.22. The topological polar surface area (TPSA) is 32.3 Å². The molecular weight excluding hydrogens is 257 g/mol. The molecule has 2 rings (SSSR count). The van der Waals surface area contributed by atoms with Crippen LogP contribution in [0.4, 0.5) is 24.9 Å². The zero-order chi connectivity index (χ0) is 14.0. The molecule has 4 nitrogen and oxygen atoms in total. The molecule has 0 radical (unpaired) electrons. The van der Waals surface area contributed by atoms with Crippen LogP contribution in [0.1, 0.15) is 12.8 Å². The highest BCUT2D eigenvalue weighted by Crippen LogP contribution is 2.34. The Morgan fingerprint density at radius 1 is 1.37 bits per heavy atom. The molecule has 1 atom stereocenters. The zero-order valence-corrected chi connectivity index (χ0v) is 11.0. The molecule has 0 bridgehead atoms. The zero-order valence-electron chi connectivity index (χ0n) is 11.0. The van der Waals surface area contributed by atoms with Crippen LogP contribution in [-0.2, 0) is 0 Å². The first-order valence-electron chi connectivity index (χ1n) is 6.20. The average Bonchev–Trinajstić information content (AvgIpc) is 2.38. The molecule has 1 aliphatic heterocycles. The second-order valence-electron chi connectivity index (χ2n) is 4.94. The minimum Gasteiger partial charge on any atom is -0.356 e. The van der Waals surface area contributed by atoms with Crippen molar-refractivity contribution < 1.29 is 13.2 Å². The molecule has 0 aromatic carbocycles. The number of anilines is 2. The first-order chi connectivity index (χ1) is 8.88. The Kier molecular flexibility index (Phi) is 3.82. The van der Waals surface area contributed by atoms with E-state index in [1.54, 1.807) is 36.2 Å². The lowest BCUT2D eigenvalue weighted by Crippen LogP contribution is -2.42. The lowest BCUT2D eigenvalue weighted by molar-refractivity contribution is -0.176. The highest BCUT2D eigenvalue weighted by Gasteiger charge is 2.42. The molecule has 1 fully saturated rings. The SMILES string of the molecule is CN(C)c1nccc(N2CCC[C@@H](C(F)(F)F)C2)n1. The third kappa shape index (κ3) is 3.27. The molecular formula is C12H17F3N4. The van der Waals surface area contributed by atoms with Gasteiger partial charge >= 0.3 is 6.18 Å². The Hall–Kier alpha value is -1.53. The molecule has 19 heavy (non-hydrogen) atoms. The van der Waals surface area contributed by atoms with Crippen LogP contribution in [0.25, 0.3) is 0 Å². The van der Waals surface area contributed by atoms with Crippen LogP contribution in [0.2, 0.25) is 0 Å². The van der Waals surface area contributed by atoms with Crippen molar-refractivity contribution in [2.24, 2.45) is 5.92 Å². The van der Waals surface area contributed by atoms with Crippen LogP contribution in [0.5, 0.6) is 0 Å². The number of rotatable bonds is 2. The van der Waals surface area contributed by atoms with Crippen LogP contribution in [-0.4, -0.2) is 43.3 Å². The Balaban J connectivity index is 2.15. The van der Waals surface area contributed by atoms with Crippen molar-refractivity contribution >= 4 is 11.8 Å². The second-order valence-corrected chi connectivity index (χ2v) is 4.94. The highest BCUT2D eigenvalue weighted by molar-refractivity contribution is 5.43. The first-order valence-corrected chi connectivity index (χ1v) is 6.20. The summed E-state index contributed by atoms with van der Waals surface area (Å²) in [4.78, 5) is 11.8. The van der Waals surface area contributed by atoms with Crippen LogP contribution >= 0.6 is 0 Å². The van der Waals surface area contributed by atoms with E-state index >= 15 is 0 Å². The predicted octanol–water partition coefficient (Wildman–Crippen LogP) is 2.32. The summed E-state index contributed by atoms with van der Waals surface area (Å²) in [6.45, 7) is 0.587. The van der Waals surface area contributed by atoms with Crippen molar-refractivity contribution in [1.29, 1.82) is 0 Å². The fourth-order valence-electron chi connectivity index (χ4n) is 2.18. The number of hydrogen-bond donors (Lipinski definition) is 0. The summed E-state index contributed by atoms with van der Waals surface area (Å²) in [5, 5.41) is 0. The molecule has 0 amide bonds. The highest BCUT2D eigenvalue weighted by atomic mass is 19.4. The van der Waals surface area contributed by atoms with Crippen molar-refractivity contribution in [3.8, 4) is 0 Å². The average molecular weight is 274 g/mol. The van der Waals surface area contributed by atoms with E-state index in [9.17, 15) is 13.2 Å². The van der Waals surface area contributed by atoms with E-state index in [1.807, 2.05) is 0 Å². The predicted molar refractivity (Wildman–Crippen MR) is 67.4 cm³/mol. The van der Waals surface area contributed by atoms with E-state index in [2.05, 4.69) is 9.97 Å². The summed E-state index contributed by atoms with van der Waals surface area (Å²) in [5.74, 6) is -0.196. The largest absolute Gasteiger partial charge is 0.393 e. The lowest BCUT2D eigenvalue weighted by atomic mass is 9.97. The molecule has 2 heterocycles. The summed E-state index contributed by atoms with van der Waals surface area (Å²) in [7, 11) is 3.60. The van der Waals surface area contributed by atoms with Gasteiger partial charge < -0.3 is 9.80 Å². The summed E-state index contributed by atoms with van der Waals surface area (Å²) in [5.41, 5.74) is 0. The van der Waals surface area contributed by atoms with Gasteiger partial charge in [0.15, 0.2) is 0 Å². The number of piperidine rings is 1. The lowest BCUT2D eigenvalue weighted by Gasteiger charge is -2.34. The molecule has 0 saturated carbocycles. The van der Waals surface area contributed by atoms with Crippen molar-refractivity contribution in [1.82, 2.24) is 9.97 Å². The summed E-state index contributed by atoms with van der Waals surface area (Å²) in [6.07, 6.45) is -1.82. The maximum Gasteiger partial charge on any atom is 0.393 e. The van der Waals surface area contributed by atoms with E-state index < -0.39 is 12.1 Å². The Morgan fingerprint density at radius 3 is 2.74 bits per heavy atom. The first kappa shape index (κ1) is 13.9. The van der Waals surface area contributed by atoms with Gasteiger partial charge in [-0.3, -0.25) is 0 Å². The van der Waals surface area contributed by atoms with Gasteiger partial charge in [-0.1, -0.05) is 0 Å². The van der Waals surface area contributed by atoms with Gasteiger partial charge in [-0.05, 0) is 18.9 Å². The number of alkyl halides is 3. The van der Waals surface area contributed by atoms with Gasteiger partial charge in [0.1, 0.15) is 5.82 Å². The summed E-state index contributed by atoms with van der Waals surface area (Å²) < 4.78 is 38.3. The number of aromatic nitrogens is 2. The maximum absolute atomic E-state index is 12.8. The Labute approximate surface area is 110 Å². The quantitative estimate of drug-likeness (QED) is 0.828. The third-order valence-electron chi connectivity index (χ3n) is 3.24. The normalized spacial score (nSPS) is 20.5. The number of nitrogens with zero attached hydrogens (tertiary/aromatic N) is 4. The molecule has 1 aromatic heterocycles.